The molecule has 0 aromatic heterocycles. The van der Waals surface area contributed by atoms with Gasteiger partial charge in [-0.2, -0.15) is 0 Å². The summed E-state index contributed by atoms with van der Waals surface area (Å²) in [5, 5.41) is 2.74. The summed E-state index contributed by atoms with van der Waals surface area (Å²) < 4.78 is 26.9. The van der Waals surface area contributed by atoms with Crippen molar-refractivity contribution in [1.29, 1.82) is 0 Å². The molecule has 6 nitrogen and oxygen atoms in total. The van der Waals surface area contributed by atoms with Crippen LogP contribution in [0.15, 0.2) is 29.2 Å². The molecule has 0 saturated carbocycles. The topological polar surface area (TPSA) is 78.5 Å². The van der Waals surface area contributed by atoms with Crippen molar-refractivity contribution in [3.8, 4) is 0 Å². The van der Waals surface area contributed by atoms with Crippen LogP contribution in [0.25, 0.3) is 0 Å². The Balaban J connectivity index is 2.85. The van der Waals surface area contributed by atoms with E-state index in [4.69, 9.17) is 0 Å². The highest BCUT2D eigenvalue weighted by Crippen LogP contribution is 2.16. The number of nitrogens with zero attached hydrogens (tertiary/aromatic N) is 1. The lowest BCUT2D eigenvalue weighted by molar-refractivity contribution is 0.217. The minimum atomic E-state index is -3.56. The predicted molar refractivity (Wildman–Crippen MR) is 88.5 cm³/mol. The molecule has 7 heteroatoms. The molecule has 2 amide bonds. The second kappa shape index (κ2) is 7.11. The first-order chi connectivity index (χ1) is 10.1. The molecule has 1 rings (SSSR count). The van der Waals surface area contributed by atoms with Gasteiger partial charge in [-0.15, -0.1) is 0 Å². The Kier molecular flexibility index (Phi) is 5.96. The molecule has 0 aliphatic rings. The van der Waals surface area contributed by atoms with Gasteiger partial charge in [0.15, 0.2) is 0 Å². The largest absolute Gasteiger partial charge is 0.325 e. The maximum absolute atomic E-state index is 12.2. The second-order valence-corrected chi connectivity index (χ2v) is 7.66. The molecule has 0 spiro atoms. The fourth-order valence-corrected chi connectivity index (χ4v) is 3.31. The molecule has 0 fully saturated rings. The number of urea groups is 1. The van der Waals surface area contributed by atoms with E-state index >= 15 is 0 Å². The number of benzene rings is 1. The lowest BCUT2D eigenvalue weighted by atomic mass is 10.1. The van der Waals surface area contributed by atoms with Crippen LogP contribution in [0, 0.1) is 0 Å². The molecule has 0 aliphatic heterocycles. The van der Waals surface area contributed by atoms with Gasteiger partial charge in [0.1, 0.15) is 0 Å². The minimum Gasteiger partial charge on any atom is -0.325 e. The van der Waals surface area contributed by atoms with Gasteiger partial charge in [-0.25, -0.2) is 17.9 Å². The summed E-state index contributed by atoms with van der Waals surface area (Å²) in [6.45, 7) is 10.4. The third-order valence-electron chi connectivity index (χ3n) is 2.91. The van der Waals surface area contributed by atoms with Crippen LogP contribution in [0.3, 0.4) is 0 Å². The Labute approximate surface area is 132 Å². The predicted octanol–water partition coefficient (Wildman–Crippen LogP) is 2.64. The van der Waals surface area contributed by atoms with Crippen molar-refractivity contribution in [2.24, 2.45) is 0 Å². The molecule has 124 valence electrons. The van der Waals surface area contributed by atoms with Crippen LogP contribution in [0.5, 0.6) is 0 Å². The molecule has 0 atom stereocenters. The molecule has 0 radical (unpaired) electrons. The van der Waals surface area contributed by atoms with Gasteiger partial charge >= 0.3 is 6.03 Å². The molecular formula is C15H25N3O3S. The van der Waals surface area contributed by atoms with Gasteiger partial charge in [-0.1, -0.05) is 0 Å². The van der Waals surface area contributed by atoms with Crippen LogP contribution in [-0.2, 0) is 10.0 Å². The molecule has 1 aromatic carbocycles. The number of anilines is 1. The lowest BCUT2D eigenvalue weighted by Gasteiger charge is -2.21. The van der Waals surface area contributed by atoms with Crippen LogP contribution >= 0.6 is 0 Å². The summed E-state index contributed by atoms with van der Waals surface area (Å²) in [4.78, 5) is 13.7. The summed E-state index contributed by atoms with van der Waals surface area (Å²) in [7, 11) is -3.56. The SMILES string of the molecule is CCN(CC)C(=O)Nc1ccc(S(=O)(=O)NC(C)(C)C)cc1. The van der Waals surface area contributed by atoms with E-state index in [1.807, 2.05) is 13.8 Å². The van der Waals surface area contributed by atoms with Crippen LogP contribution in [0.4, 0.5) is 10.5 Å². The van der Waals surface area contributed by atoms with E-state index in [1.165, 1.54) is 12.1 Å². The van der Waals surface area contributed by atoms with E-state index in [1.54, 1.807) is 37.8 Å². The molecular weight excluding hydrogens is 302 g/mol. The first-order valence-corrected chi connectivity index (χ1v) is 8.77. The first kappa shape index (κ1) is 18.4. The van der Waals surface area contributed by atoms with E-state index in [-0.39, 0.29) is 10.9 Å². The average Bonchev–Trinajstić information content (AvgIpc) is 2.38. The smallest absolute Gasteiger partial charge is 0.321 e. The van der Waals surface area contributed by atoms with Crippen molar-refractivity contribution in [3.63, 3.8) is 0 Å². The molecule has 2 N–H and O–H groups in total. The van der Waals surface area contributed by atoms with Gasteiger partial charge in [0.05, 0.1) is 4.90 Å². The molecule has 0 unspecified atom stereocenters. The number of hydrogen-bond acceptors (Lipinski definition) is 3. The van der Waals surface area contributed by atoms with Crippen LogP contribution in [0.2, 0.25) is 0 Å². The van der Waals surface area contributed by atoms with Gasteiger partial charge < -0.3 is 10.2 Å². The maximum atomic E-state index is 12.2. The van der Waals surface area contributed by atoms with Crippen molar-refractivity contribution in [2.75, 3.05) is 18.4 Å². The van der Waals surface area contributed by atoms with E-state index in [9.17, 15) is 13.2 Å². The monoisotopic (exact) mass is 327 g/mol. The Hall–Kier alpha value is -1.60. The van der Waals surface area contributed by atoms with E-state index in [0.29, 0.717) is 18.8 Å². The quantitative estimate of drug-likeness (QED) is 0.872. The van der Waals surface area contributed by atoms with Gasteiger partial charge in [0, 0.05) is 24.3 Å². The van der Waals surface area contributed by atoms with E-state index in [2.05, 4.69) is 10.0 Å². The summed E-state index contributed by atoms with van der Waals surface area (Å²) in [6.07, 6.45) is 0. The van der Waals surface area contributed by atoms with E-state index < -0.39 is 15.6 Å². The zero-order chi connectivity index (χ0) is 17.0. The highest BCUT2D eigenvalue weighted by atomic mass is 32.2. The Morgan fingerprint density at radius 3 is 2.00 bits per heavy atom. The van der Waals surface area contributed by atoms with Gasteiger partial charge in [-0.3, -0.25) is 0 Å². The van der Waals surface area contributed by atoms with Gasteiger partial charge in [-0.05, 0) is 58.9 Å². The second-order valence-electron chi connectivity index (χ2n) is 5.98. The number of rotatable bonds is 5. The number of nitrogens with one attached hydrogen (secondary N) is 2. The highest BCUT2D eigenvalue weighted by molar-refractivity contribution is 7.89. The number of carbonyl (C=O) groups excluding carboxylic acids is 1. The fraction of sp³-hybridized carbons (Fsp3) is 0.533. The van der Waals surface area contributed by atoms with Crippen LogP contribution < -0.4 is 10.0 Å². The highest BCUT2D eigenvalue weighted by Gasteiger charge is 2.21. The minimum absolute atomic E-state index is 0.170. The molecule has 0 saturated heterocycles. The summed E-state index contributed by atoms with van der Waals surface area (Å²) in [6, 6.07) is 5.92. The molecule has 0 bridgehead atoms. The number of sulfonamides is 1. The van der Waals surface area contributed by atoms with E-state index in [0.717, 1.165) is 0 Å². The van der Waals surface area contributed by atoms with Crippen LogP contribution in [-0.4, -0.2) is 38.0 Å². The Morgan fingerprint density at radius 1 is 1.09 bits per heavy atom. The summed E-state index contributed by atoms with van der Waals surface area (Å²) in [5.74, 6) is 0. The standard InChI is InChI=1S/C15H25N3O3S/c1-6-18(7-2)14(19)16-12-8-10-13(11-9-12)22(20,21)17-15(3,4)5/h8-11,17H,6-7H2,1-5H3,(H,16,19). The third kappa shape index (κ3) is 5.31. The molecule has 0 heterocycles. The number of carbonyl (C=O) groups is 1. The zero-order valence-electron chi connectivity index (χ0n) is 13.8. The summed E-state index contributed by atoms with van der Waals surface area (Å²) >= 11 is 0. The Morgan fingerprint density at radius 2 is 1.59 bits per heavy atom. The summed E-state index contributed by atoms with van der Waals surface area (Å²) in [5.41, 5.74) is 0.0145. The Bertz CT molecular complexity index is 600. The maximum Gasteiger partial charge on any atom is 0.321 e. The normalized spacial score (nSPS) is 12.0. The molecule has 1 aromatic rings. The number of hydrogen-bond donors (Lipinski definition) is 2. The van der Waals surface area contributed by atoms with Crippen molar-refractivity contribution in [2.45, 2.75) is 45.1 Å². The lowest BCUT2D eigenvalue weighted by Crippen LogP contribution is -2.40. The zero-order valence-corrected chi connectivity index (χ0v) is 14.6. The first-order valence-electron chi connectivity index (χ1n) is 7.29. The van der Waals surface area contributed by atoms with Crippen molar-refractivity contribution >= 4 is 21.7 Å². The average molecular weight is 327 g/mol. The fourth-order valence-electron chi connectivity index (χ4n) is 1.89. The van der Waals surface area contributed by atoms with Crippen molar-refractivity contribution in [3.05, 3.63) is 24.3 Å². The van der Waals surface area contributed by atoms with Gasteiger partial charge in [0.25, 0.3) is 0 Å². The van der Waals surface area contributed by atoms with Crippen molar-refractivity contribution in [1.82, 2.24) is 9.62 Å². The van der Waals surface area contributed by atoms with Gasteiger partial charge in [0.2, 0.25) is 10.0 Å². The molecule has 0 aliphatic carbocycles. The molecule has 22 heavy (non-hydrogen) atoms. The van der Waals surface area contributed by atoms with Crippen molar-refractivity contribution < 1.29 is 13.2 Å². The van der Waals surface area contributed by atoms with Crippen LogP contribution in [0.1, 0.15) is 34.6 Å². The third-order valence-corrected chi connectivity index (χ3v) is 4.68. The number of amides is 2.